The van der Waals surface area contributed by atoms with E-state index < -0.39 is 35.6 Å². The number of ether oxygens (including phenoxy) is 2. The molecule has 2 aromatic rings. The summed E-state index contributed by atoms with van der Waals surface area (Å²) >= 11 is 0. The van der Waals surface area contributed by atoms with Crippen LogP contribution in [0.3, 0.4) is 0 Å². The number of aryl methyl sites for hydroxylation is 1. The van der Waals surface area contributed by atoms with E-state index in [-0.39, 0.29) is 18.2 Å². The number of unbranched alkanes of at least 4 members (excludes halogenated alkanes) is 1. The van der Waals surface area contributed by atoms with E-state index in [1.807, 2.05) is 20.8 Å². The summed E-state index contributed by atoms with van der Waals surface area (Å²) in [5, 5.41) is 15.8. The molecule has 3 N–H and O–H groups in total. The van der Waals surface area contributed by atoms with Gasteiger partial charge in [0.15, 0.2) is 0 Å². The maximum atomic E-state index is 14.1. The predicted molar refractivity (Wildman–Crippen MR) is 152 cm³/mol. The van der Waals surface area contributed by atoms with Gasteiger partial charge in [0.1, 0.15) is 29.2 Å². The fraction of sp³-hybridized carbons (Fsp3) is 0.500. The largest absolute Gasteiger partial charge is 0.508 e. The number of nitrogens with zero attached hydrogens (tertiary/aromatic N) is 1. The molecule has 0 aromatic heterocycles. The summed E-state index contributed by atoms with van der Waals surface area (Å²) < 4.78 is 10.6. The molecule has 0 heterocycles. The number of amides is 3. The number of methoxy groups -OCH3 is 1. The Labute approximate surface area is 231 Å². The molecule has 3 amide bonds. The Kier molecular flexibility index (Phi) is 11.2. The lowest BCUT2D eigenvalue weighted by molar-refractivity contribution is -0.141. The standard InChI is InChI=1S/C30H43N3O6/c1-9-10-17-33(28(36)25(19(2)3)32-29(37)39-30(5,6)7)26(21-11-16-24(34)20(4)18-21)27(35)31-22-12-14-23(38-8)15-13-22/h11-16,18-19,25-26,34H,9-10,17H2,1-8H3,(H,31,35)(H,32,37). The number of carbonyl (C=O) groups excluding carboxylic acids is 3. The molecule has 0 aliphatic rings. The van der Waals surface area contributed by atoms with Gasteiger partial charge < -0.3 is 30.1 Å². The second kappa shape index (κ2) is 13.9. The number of phenols is 1. The summed E-state index contributed by atoms with van der Waals surface area (Å²) in [6.07, 6.45) is 0.730. The fourth-order valence-electron chi connectivity index (χ4n) is 4.03. The molecule has 0 spiro atoms. The lowest BCUT2D eigenvalue weighted by atomic mass is 9.97. The van der Waals surface area contributed by atoms with Gasteiger partial charge in [0.05, 0.1) is 7.11 Å². The zero-order valence-corrected chi connectivity index (χ0v) is 24.3. The van der Waals surface area contributed by atoms with E-state index in [4.69, 9.17) is 9.47 Å². The van der Waals surface area contributed by atoms with Crippen molar-refractivity contribution >= 4 is 23.6 Å². The molecule has 0 aliphatic carbocycles. The molecule has 2 rings (SSSR count). The van der Waals surface area contributed by atoms with E-state index in [0.29, 0.717) is 29.0 Å². The minimum Gasteiger partial charge on any atom is -0.508 e. The van der Waals surface area contributed by atoms with Crippen LogP contribution in [0.25, 0.3) is 0 Å². The highest BCUT2D eigenvalue weighted by atomic mass is 16.6. The van der Waals surface area contributed by atoms with Crippen LogP contribution in [0.2, 0.25) is 0 Å². The first-order valence-electron chi connectivity index (χ1n) is 13.3. The smallest absolute Gasteiger partial charge is 0.408 e. The van der Waals surface area contributed by atoms with Gasteiger partial charge in [-0.1, -0.05) is 33.3 Å². The second-order valence-electron chi connectivity index (χ2n) is 10.9. The van der Waals surface area contributed by atoms with Crippen LogP contribution in [0.4, 0.5) is 10.5 Å². The minimum absolute atomic E-state index is 0.0890. The predicted octanol–water partition coefficient (Wildman–Crippen LogP) is 5.57. The summed E-state index contributed by atoms with van der Waals surface area (Å²) in [7, 11) is 1.56. The Morgan fingerprint density at radius 2 is 1.69 bits per heavy atom. The van der Waals surface area contributed by atoms with Crippen LogP contribution in [0, 0.1) is 12.8 Å². The quantitative estimate of drug-likeness (QED) is 0.343. The van der Waals surface area contributed by atoms with Crippen molar-refractivity contribution in [2.75, 3.05) is 19.0 Å². The maximum Gasteiger partial charge on any atom is 0.408 e. The first-order chi connectivity index (χ1) is 18.3. The van der Waals surface area contributed by atoms with Crippen molar-refractivity contribution in [3.8, 4) is 11.5 Å². The molecule has 2 unspecified atom stereocenters. The Hall–Kier alpha value is -3.75. The van der Waals surface area contributed by atoms with E-state index in [2.05, 4.69) is 10.6 Å². The summed E-state index contributed by atoms with van der Waals surface area (Å²) in [5.41, 5.74) is 0.919. The van der Waals surface area contributed by atoms with Crippen LogP contribution in [-0.2, 0) is 14.3 Å². The van der Waals surface area contributed by atoms with Crippen molar-refractivity contribution in [2.45, 2.75) is 79.0 Å². The highest BCUT2D eigenvalue weighted by molar-refractivity contribution is 5.99. The van der Waals surface area contributed by atoms with Crippen molar-refractivity contribution < 1.29 is 29.0 Å². The van der Waals surface area contributed by atoms with Crippen LogP contribution in [-0.4, -0.2) is 53.2 Å². The van der Waals surface area contributed by atoms with Crippen molar-refractivity contribution in [3.63, 3.8) is 0 Å². The summed E-state index contributed by atoms with van der Waals surface area (Å²) in [6.45, 7) is 12.9. The molecule has 0 radical (unpaired) electrons. The van der Waals surface area contributed by atoms with Gasteiger partial charge in [-0.25, -0.2) is 4.79 Å². The first-order valence-corrected chi connectivity index (χ1v) is 13.3. The number of alkyl carbamates (subject to hydrolysis) is 1. The van der Waals surface area contributed by atoms with Crippen LogP contribution < -0.4 is 15.4 Å². The molecule has 2 aromatic carbocycles. The van der Waals surface area contributed by atoms with Crippen molar-refractivity contribution in [1.82, 2.24) is 10.2 Å². The van der Waals surface area contributed by atoms with E-state index in [1.54, 1.807) is 71.2 Å². The van der Waals surface area contributed by atoms with Gasteiger partial charge in [-0.05, 0) is 87.6 Å². The zero-order valence-electron chi connectivity index (χ0n) is 24.3. The molecule has 9 nitrogen and oxygen atoms in total. The third-order valence-electron chi connectivity index (χ3n) is 6.09. The van der Waals surface area contributed by atoms with Crippen molar-refractivity contribution in [2.24, 2.45) is 5.92 Å². The van der Waals surface area contributed by atoms with Crippen LogP contribution >= 0.6 is 0 Å². The average molecular weight is 542 g/mol. The zero-order chi connectivity index (χ0) is 29.3. The molecule has 39 heavy (non-hydrogen) atoms. The van der Waals surface area contributed by atoms with E-state index in [1.165, 1.54) is 11.0 Å². The van der Waals surface area contributed by atoms with Gasteiger partial charge in [0, 0.05) is 12.2 Å². The van der Waals surface area contributed by atoms with Gasteiger partial charge in [0.25, 0.3) is 5.91 Å². The number of anilines is 1. The number of benzene rings is 2. The summed E-state index contributed by atoms with van der Waals surface area (Å²) in [6, 6.07) is 9.80. The normalized spacial score (nSPS) is 12.8. The molecule has 2 atom stereocenters. The number of rotatable bonds is 11. The Bertz CT molecular complexity index is 1120. The molecular weight excluding hydrogens is 498 g/mol. The van der Waals surface area contributed by atoms with Gasteiger partial charge >= 0.3 is 6.09 Å². The highest BCUT2D eigenvalue weighted by Crippen LogP contribution is 2.29. The van der Waals surface area contributed by atoms with Crippen LogP contribution in [0.5, 0.6) is 11.5 Å². The first kappa shape index (κ1) is 31.5. The molecule has 0 saturated carbocycles. The van der Waals surface area contributed by atoms with Gasteiger partial charge in [-0.15, -0.1) is 0 Å². The number of nitrogens with one attached hydrogen (secondary N) is 2. The number of hydrogen-bond acceptors (Lipinski definition) is 6. The van der Waals surface area contributed by atoms with Crippen LogP contribution in [0.15, 0.2) is 42.5 Å². The molecule has 9 heteroatoms. The summed E-state index contributed by atoms with van der Waals surface area (Å²) in [5.74, 6) is -0.363. The van der Waals surface area contributed by atoms with Gasteiger partial charge in [-0.2, -0.15) is 0 Å². The minimum atomic E-state index is -1.02. The Morgan fingerprint density at radius 3 is 2.21 bits per heavy atom. The second-order valence-corrected chi connectivity index (χ2v) is 10.9. The van der Waals surface area contributed by atoms with E-state index >= 15 is 0 Å². The molecular formula is C30H43N3O6. The lowest BCUT2D eigenvalue weighted by Gasteiger charge is -2.35. The van der Waals surface area contributed by atoms with E-state index in [0.717, 1.165) is 6.42 Å². The topological polar surface area (TPSA) is 117 Å². The Morgan fingerprint density at radius 1 is 1.05 bits per heavy atom. The third-order valence-corrected chi connectivity index (χ3v) is 6.09. The third kappa shape index (κ3) is 9.19. The number of aromatic hydroxyl groups is 1. The number of hydrogen-bond donors (Lipinski definition) is 3. The molecule has 0 aliphatic heterocycles. The number of phenolic OH excluding ortho intramolecular Hbond substituents is 1. The highest BCUT2D eigenvalue weighted by Gasteiger charge is 2.37. The summed E-state index contributed by atoms with van der Waals surface area (Å²) in [4.78, 5) is 42.1. The maximum absolute atomic E-state index is 14.1. The molecule has 0 bridgehead atoms. The average Bonchev–Trinajstić information content (AvgIpc) is 2.85. The van der Waals surface area contributed by atoms with Crippen LogP contribution in [0.1, 0.15) is 71.6 Å². The Balaban J connectivity index is 2.53. The lowest BCUT2D eigenvalue weighted by Crippen LogP contribution is -2.54. The molecule has 214 valence electrons. The monoisotopic (exact) mass is 541 g/mol. The van der Waals surface area contributed by atoms with Crippen molar-refractivity contribution in [1.29, 1.82) is 0 Å². The van der Waals surface area contributed by atoms with Gasteiger partial charge in [0.2, 0.25) is 5.91 Å². The SMILES string of the molecule is CCCCN(C(=O)C(NC(=O)OC(C)(C)C)C(C)C)C(C(=O)Nc1ccc(OC)cc1)c1ccc(O)c(C)c1. The fourth-order valence-corrected chi connectivity index (χ4v) is 4.03. The van der Waals surface area contributed by atoms with Crippen molar-refractivity contribution in [3.05, 3.63) is 53.6 Å². The molecule has 0 fully saturated rings. The van der Waals surface area contributed by atoms with E-state index in [9.17, 15) is 19.5 Å². The number of carbonyl (C=O) groups is 3. The molecule has 0 saturated heterocycles. The van der Waals surface area contributed by atoms with Gasteiger partial charge in [-0.3, -0.25) is 9.59 Å².